The molecule has 22 heavy (non-hydrogen) atoms. The van der Waals surface area contributed by atoms with E-state index < -0.39 is 6.10 Å². The average Bonchev–Trinajstić information content (AvgIpc) is 2.44. The molecule has 6 heteroatoms. The number of carbonyl (C=O) groups excluding carboxylic acids is 2. The molecule has 0 bridgehead atoms. The summed E-state index contributed by atoms with van der Waals surface area (Å²) in [5.41, 5.74) is 0.550. The molecule has 1 aliphatic carbocycles. The largest absolute Gasteiger partial charge is 0.493 e. The summed E-state index contributed by atoms with van der Waals surface area (Å²) in [5, 5.41) is 2.70. The Labute approximate surface area is 129 Å². The molecule has 1 saturated carbocycles. The minimum Gasteiger partial charge on any atom is -0.493 e. The smallest absolute Gasteiger partial charge is 0.309 e. The van der Waals surface area contributed by atoms with Crippen LogP contribution in [0.3, 0.4) is 0 Å². The summed E-state index contributed by atoms with van der Waals surface area (Å²) in [5.74, 6) is 0.377. The summed E-state index contributed by atoms with van der Waals surface area (Å²) < 4.78 is 15.5. The quantitative estimate of drug-likeness (QED) is 0.817. The summed E-state index contributed by atoms with van der Waals surface area (Å²) in [4.78, 5) is 23.8. The second kappa shape index (κ2) is 7.15. The third-order valence-electron chi connectivity index (χ3n) is 3.75. The van der Waals surface area contributed by atoms with Gasteiger partial charge < -0.3 is 19.5 Å². The molecule has 6 nitrogen and oxygen atoms in total. The van der Waals surface area contributed by atoms with Crippen molar-refractivity contribution in [3.8, 4) is 11.5 Å². The molecule has 1 unspecified atom stereocenters. The predicted molar refractivity (Wildman–Crippen MR) is 81.1 cm³/mol. The van der Waals surface area contributed by atoms with Crippen LogP contribution in [0.2, 0.25) is 0 Å². The Bertz CT molecular complexity index is 553. The molecular weight excluding hydrogens is 286 g/mol. The molecule has 0 aliphatic heterocycles. The van der Waals surface area contributed by atoms with Crippen LogP contribution >= 0.6 is 0 Å². The number of carbonyl (C=O) groups is 2. The first-order chi connectivity index (χ1) is 10.5. The van der Waals surface area contributed by atoms with Gasteiger partial charge >= 0.3 is 5.97 Å². The van der Waals surface area contributed by atoms with E-state index in [1.54, 1.807) is 25.1 Å². The number of nitrogens with one attached hydrogen (secondary N) is 1. The van der Waals surface area contributed by atoms with Gasteiger partial charge in [-0.1, -0.05) is 6.42 Å². The summed E-state index contributed by atoms with van der Waals surface area (Å²) in [7, 11) is 3.06. The lowest BCUT2D eigenvalue weighted by Gasteiger charge is -2.24. The highest BCUT2D eigenvalue weighted by molar-refractivity contribution is 5.95. The lowest BCUT2D eigenvalue weighted by atomic mass is 9.86. The molecule has 2 rings (SSSR count). The van der Waals surface area contributed by atoms with Crippen LogP contribution in [-0.2, 0) is 14.3 Å². The fraction of sp³-hybridized carbons (Fsp3) is 0.500. The fourth-order valence-electron chi connectivity index (χ4n) is 2.13. The minimum absolute atomic E-state index is 0.0451. The molecule has 120 valence electrons. The monoisotopic (exact) mass is 307 g/mol. The van der Waals surface area contributed by atoms with E-state index >= 15 is 0 Å². The van der Waals surface area contributed by atoms with Crippen molar-refractivity contribution in [1.29, 1.82) is 0 Å². The zero-order valence-corrected chi connectivity index (χ0v) is 13.0. The van der Waals surface area contributed by atoms with E-state index in [1.165, 1.54) is 14.2 Å². The van der Waals surface area contributed by atoms with Gasteiger partial charge in [0.05, 0.1) is 20.1 Å². The van der Waals surface area contributed by atoms with E-state index in [-0.39, 0.29) is 17.8 Å². The van der Waals surface area contributed by atoms with Crippen LogP contribution in [0.15, 0.2) is 18.2 Å². The molecular formula is C16H21NO5. The van der Waals surface area contributed by atoms with Gasteiger partial charge in [-0.15, -0.1) is 0 Å². The van der Waals surface area contributed by atoms with Crippen LogP contribution in [-0.4, -0.2) is 32.2 Å². The molecule has 1 aliphatic rings. The molecule has 1 aromatic carbocycles. The van der Waals surface area contributed by atoms with Crippen molar-refractivity contribution in [2.24, 2.45) is 5.92 Å². The number of anilines is 1. The van der Waals surface area contributed by atoms with Gasteiger partial charge in [-0.2, -0.15) is 0 Å². The maximum atomic E-state index is 12.1. The lowest BCUT2D eigenvalue weighted by Crippen LogP contribution is -2.34. The average molecular weight is 307 g/mol. The van der Waals surface area contributed by atoms with Crippen LogP contribution in [0.4, 0.5) is 5.69 Å². The van der Waals surface area contributed by atoms with Crippen LogP contribution in [0.25, 0.3) is 0 Å². The molecule has 1 aromatic rings. The van der Waals surface area contributed by atoms with Gasteiger partial charge in [0.1, 0.15) is 0 Å². The molecule has 1 fully saturated rings. The number of esters is 1. The van der Waals surface area contributed by atoms with E-state index in [4.69, 9.17) is 14.2 Å². The molecule has 0 radical (unpaired) electrons. The second-order valence-electron chi connectivity index (χ2n) is 5.27. The third kappa shape index (κ3) is 3.69. The Morgan fingerprint density at radius 3 is 2.41 bits per heavy atom. The number of rotatable bonds is 6. The third-order valence-corrected chi connectivity index (χ3v) is 3.75. The number of amides is 1. The van der Waals surface area contributed by atoms with Crippen molar-refractivity contribution < 1.29 is 23.8 Å². The highest BCUT2D eigenvalue weighted by Gasteiger charge is 2.29. The van der Waals surface area contributed by atoms with E-state index in [2.05, 4.69) is 5.32 Å². The van der Waals surface area contributed by atoms with Crippen molar-refractivity contribution in [2.45, 2.75) is 32.3 Å². The highest BCUT2D eigenvalue weighted by Crippen LogP contribution is 2.30. The first-order valence-electron chi connectivity index (χ1n) is 7.28. The summed E-state index contributed by atoms with van der Waals surface area (Å²) in [6.07, 6.45) is 1.92. The topological polar surface area (TPSA) is 73.9 Å². The maximum Gasteiger partial charge on any atom is 0.309 e. The fourth-order valence-corrected chi connectivity index (χ4v) is 2.13. The molecule has 0 spiro atoms. The van der Waals surface area contributed by atoms with Crippen LogP contribution in [0.1, 0.15) is 26.2 Å². The molecule has 0 heterocycles. The Balaban J connectivity index is 1.94. The predicted octanol–water partition coefficient (Wildman–Crippen LogP) is 2.37. The molecule has 0 aromatic heterocycles. The molecule has 0 saturated heterocycles. The van der Waals surface area contributed by atoms with Gasteiger partial charge in [0.25, 0.3) is 5.91 Å². The van der Waals surface area contributed by atoms with Gasteiger partial charge in [0, 0.05) is 11.8 Å². The Morgan fingerprint density at radius 2 is 1.86 bits per heavy atom. The van der Waals surface area contributed by atoms with Crippen molar-refractivity contribution >= 4 is 17.6 Å². The Morgan fingerprint density at radius 1 is 1.18 bits per heavy atom. The van der Waals surface area contributed by atoms with E-state index in [0.29, 0.717) is 17.2 Å². The first-order valence-corrected chi connectivity index (χ1v) is 7.28. The van der Waals surface area contributed by atoms with Crippen LogP contribution < -0.4 is 14.8 Å². The highest BCUT2D eigenvalue weighted by atomic mass is 16.5. The van der Waals surface area contributed by atoms with Gasteiger partial charge in [-0.05, 0) is 31.9 Å². The SMILES string of the molecule is COc1ccc(NC(=O)C(C)OC(=O)C2CCC2)cc1OC. The minimum atomic E-state index is -0.832. The maximum absolute atomic E-state index is 12.1. The summed E-state index contributed by atoms with van der Waals surface area (Å²) in [6, 6.07) is 5.04. The summed E-state index contributed by atoms with van der Waals surface area (Å²) in [6.45, 7) is 1.56. The van der Waals surface area contributed by atoms with E-state index in [1.807, 2.05) is 0 Å². The number of hydrogen-bond donors (Lipinski definition) is 1. The van der Waals surface area contributed by atoms with Gasteiger partial charge in [-0.25, -0.2) is 0 Å². The standard InChI is InChI=1S/C16H21NO5/c1-10(22-16(19)11-5-4-6-11)15(18)17-12-7-8-13(20-2)14(9-12)21-3/h7-11H,4-6H2,1-3H3,(H,17,18). The van der Waals surface area contributed by atoms with Crippen molar-refractivity contribution in [3.05, 3.63) is 18.2 Å². The Kier molecular flexibility index (Phi) is 5.25. The number of hydrogen-bond acceptors (Lipinski definition) is 5. The summed E-state index contributed by atoms with van der Waals surface area (Å²) >= 11 is 0. The van der Waals surface area contributed by atoms with E-state index in [9.17, 15) is 9.59 Å². The number of methoxy groups -OCH3 is 2. The zero-order chi connectivity index (χ0) is 16.1. The van der Waals surface area contributed by atoms with Gasteiger partial charge in [-0.3, -0.25) is 9.59 Å². The number of benzene rings is 1. The normalized spacial score (nSPS) is 15.4. The zero-order valence-electron chi connectivity index (χ0n) is 13.0. The molecule has 1 amide bonds. The van der Waals surface area contributed by atoms with Gasteiger partial charge in [0.15, 0.2) is 17.6 Å². The van der Waals surface area contributed by atoms with Crippen molar-refractivity contribution in [2.75, 3.05) is 19.5 Å². The van der Waals surface area contributed by atoms with Crippen molar-refractivity contribution in [3.63, 3.8) is 0 Å². The Hall–Kier alpha value is -2.24. The van der Waals surface area contributed by atoms with Gasteiger partial charge in [0.2, 0.25) is 0 Å². The lowest BCUT2D eigenvalue weighted by molar-refractivity contribution is -0.159. The molecule has 1 N–H and O–H groups in total. The van der Waals surface area contributed by atoms with Crippen LogP contribution in [0.5, 0.6) is 11.5 Å². The number of ether oxygens (including phenoxy) is 3. The second-order valence-corrected chi connectivity index (χ2v) is 5.27. The van der Waals surface area contributed by atoms with E-state index in [0.717, 1.165) is 19.3 Å². The van der Waals surface area contributed by atoms with Crippen LogP contribution in [0, 0.1) is 5.92 Å². The first kappa shape index (κ1) is 16.1. The molecule has 1 atom stereocenters. The van der Waals surface area contributed by atoms with Crippen molar-refractivity contribution in [1.82, 2.24) is 0 Å².